The summed E-state index contributed by atoms with van der Waals surface area (Å²) in [5.41, 5.74) is 1.19. The maximum atomic E-state index is 12.5. The minimum Gasteiger partial charge on any atom is -0.493 e. The van der Waals surface area contributed by atoms with Gasteiger partial charge in [0.15, 0.2) is 11.5 Å². The Morgan fingerprint density at radius 3 is 2.47 bits per heavy atom. The van der Waals surface area contributed by atoms with Crippen LogP contribution in [0.1, 0.15) is 25.7 Å². The number of rotatable bonds is 6. The molecule has 1 aliphatic rings. The lowest BCUT2D eigenvalue weighted by Gasteiger charge is -2.29. The summed E-state index contributed by atoms with van der Waals surface area (Å²) in [5.74, 6) is 0.989. The van der Waals surface area contributed by atoms with Crippen LogP contribution in [-0.4, -0.2) is 38.5 Å². The van der Waals surface area contributed by atoms with Gasteiger partial charge in [0.05, 0.1) is 19.9 Å². The molecule has 8 heteroatoms. The fraction of sp³-hybridized carbons (Fsp3) is 0.364. The first-order valence-electron chi connectivity index (χ1n) is 9.90. The third kappa shape index (κ3) is 5.79. The Balaban J connectivity index is 1.51. The van der Waals surface area contributed by atoms with Crippen molar-refractivity contribution in [1.29, 1.82) is 0 Å². The summed E-state index contributed by atoms with van der Waals surface area (Å²) in [6.07, 6.45) is 2.27. The van der Waals surface area contributed by atoms with E-state index in [4.69, 9.17) is 14.2 Å². The fourth-order valence-electron chi connectivity index (χ4n) is 3.53. The molecule has 3 rings (SSSR count). The molecular weight excluding hydrogens is 386 g/mol. The molecule has 8 nitrogen and oxygen atoms in total. The second-order valence-corrected chi connectivity index (χ2v) is 7.02. The number of ether oxygens (including phenoxy) is 3. The lowest BCUT2D eigenvalue weighted by Crippen LogP contribution is -2.43. The molecule has 2 atom stereocenters. The third-order valence-corrected chi connectivity index (χ3v) is 4.91. The Hall–Kier alpha value is -3.42. The molecule has 0 saturated heterocycles. The smallest absolute Gasteiger partial charge is 0.411 e. The Morgan fingerprint density at radius 1 is 0.933 bits per heavy atom. The Labute approximate surface area is 175 Å². The molecule has 30 heavy (non-hydrogen) atoms. The molecule has 0 unspecified atom stereocenters. The second-order valence-electron chi connectivity index (χ2n) is 7.02. The van der Waals surface area contributed by atoms with Crippen LogP contribution in [0.15, 0.2) is 48.5 Å². The standard InChI is InChI=1S/C22H27N3O5/c1-28-19-13-7-12-18(20(19)29-2)25-21(26)23-16-10-6-11-17(14-16)30-22(27)24-15-8-4-3-5-9-15/h3-5,7-9,12-13,16-17H,6,10-11,14H2,1-2H3,(H,24,27)(H2,23,25,26)/t16-,17-/m0/s1. The number of para-hydroxylation sites is 2. The van der Waals surface area contributed by atoms with Crippen molar-refractivity contribution < 1.29 is 23.8 Å². The molecule has 3 amide bonds. The molecule has 0 aliphatic heterocycles. The maximum Gasteiger partial charge on any atom is 0.411 e. The van der Waals surface area contributed by atoms with Gasteiger partial charge < -0.3 is 24.8 Å². The lowest BCUT2D eigenvalue weighted by atomic mass is 9.93. The van der Waals surface area contributed by atoms with E-state index >= 15 is 0 Å². The molecule has 2 aromatic carbocycles. The van der Waals surface area contributed by atoms with Crippen molar-refractivity contribution in [2.45, 2.75) is 37.8 Å². The van der Waals surface area contributed by atoms with Crippen molar-refractivity contribution in [3.05, 3.63) is 48.5 Å². The van der Waals surface area contributed by atoms with E-state index in [9.17, 15) is 9.59 Å². The quantitative estimate of drug-likeness (QED) is 0.653. The number of carbonyl (C=O) groups excluding carboxylic acids is 2. The van der Waals surface area contributed by atoms with E-state index in [1.165, 1.54) is 14.2 Å². The zero-order chi connectivity index (χ0) is 21.3. The lowest BCUT2D eigenvalue weighted by molar-refractivity contribution is 0.0779. The highest BCUT2D eigenvalue weighted by Gasteiger charge is 2.26. The fourth-order valence-corrected chi connectivity index (χ4v) is 3.53. The highest BCUT2D eigenvalue weighted by molar-refractivity contribution is 5.91. The summed E-state index contributed by atoms with van der Waals surface area (Å²) in [4.78, 5) is 24.6. The molecule has 0 bridgehead atoms. The number of urea groups is 1. The monoisotopic (exact) mass is 413 g/mol. The molecule has 1 saturated carbocycles. The predicted octanol–water partition coefficient (Wildman–Crippen LogP) is 4.39. The van der Waals surface area contributed by atoms with E-state index in [1.54, 1.807) is 30.3 Å². The average molecular weight is 413 g/mol. The number of hydrogen-bond donors (Lipinski definition) is 3. The van der Waals surface area contributed by atoms with Crippen LogP contribution in [0.3, 0.4) is 0 Å². The van der Waals surface area contributed by atoms with E-state index < -0.39 is 6.09 Å². The number of carbonyl (C=O) groups is 2. The van der Waals surface area contributed by atoms with E-state index in [2.05, 4.69) is 16.0 Å². The summed E-state index contributed by atoms with van der Waals surface area (Å²) in [6.45, 7) is 0. The van der Waals surface area contributed by atoms with Crippen molar-refractivity contribution >= 4 is 23.5 Å². The van der Waals surface area contributed by atoms with Crippen molar-refractivity contribution in [3.63, 3.8) is 0 Å². The van der Waals surface area contributed by atoms with E-state index in [0.29, 0.717) is 29.3 Å². The molecule has 1 aliphatic carbocycles. The van der Waals surface area contributed by atoms with Crippen LogP contribution >= 0.6 is 0 Å². The number of hydrogen-bond acceptors (Lipinski definition) is 5. The van der Waals surface area contributed by atoms with E-state index in [-0.39, 0.29) is 18.2 Å². The number of methoxy groups -OCH3 is 2. The van der Waals surface area contributed by atoms with Gasteiger partial charge in [-0.3, -0.25) is 5.32 Å². The van der Waals surface area contributed by atoms with Gasteiger partial charge >= 0.3 is 12.1 Å². The van der Waals surface area contributed by atoms with Crippen molar-refractivity contribution in [2.75, 3.05) is 24.9 Å². The van der Waals surface area contributed by atoms with Gasteiger partial charge in [-0.25, -0.2) is 9.59 Å². The maximum absolute atomic E-state index is 12.5. The van der Waals surface area contributed by atoms with Gasteiger partial charge in [-0.1, -0.05) is 24.3 Å². The average Bonchev–Trinajstić information content (AvgIpc) is 2.74. The summed E-state index contributed by atoms with van der Waals surface area (Å²) in [5, 5.41) is 8.46. The van der Waals surface area contributed by atoms with Crippen LogP contribution in [0.25, 0.3) is 0 Å². The topological polar surface area (TPSA) is 97.9 Å². The zero-order valence-corrected chi connectivity index (χ0v) is 17.1. The van der Waals surface area contributed by atoms with Gasteiger partial charge in [0.2, 0.25) is 0 Å². The Bertz CT molecular complexity index is 859. The minimum absolute atomic E-state index is 0.0927. The summed E-state index contributed by atoms with van der Waals surface area (Å²) in [6, 6.07) is 14.0. The van der Waals surface area contributed by atoms with Crippen LogP contribution < -0.4 is 25.4 Å². The van der Waals surface area contributed by atoms with Crippen molar-refractivity contribution in [3.8, 4) is 11.5 Å². The van der Waals surface area contributed by atoms with Gasteiger partial charge in [0, 0.05) is 18.2 Å². The van der Waals surface area contributed by atoms with Gasteiger partial charge in [0.1, 0.15) is 6.10 Å². The van der Waals surface area contributed by atoms with Crippen molar-refractivity contribution in [2.24, 2.45) is 0 Å². The van der Waals surface area contributed by atoms with Crippen molar-refractivity contribution in [1.82, 2.24) is 5.32 Å². The van der Waals surface area contributed by atoms with Crippen LogP contribution in [0.5, 0.6) is 11.5 Å². The zero-order valence-electron chi connectivity index (χ0n) is 17.1. The van der Waals surface area contributed by atoms with Gasteiger partial charge in [-0.05, 0) is 43.5 Å². The molecule has 0 radical (unpaired) electrons. The molecule has 0 heterocycles. The highest BCUT2D eigenvalue weighted by Crippen LogP contribution is 2.34. The van der Waals surface area contributed by atoms with E-state index in [0.717, 1.165) is 19.3 Å². The largest absolute Gasteiger partial charge is 0.493 e. The molecule has 1 fully saturated rings. The first-order chi connectivity index (χ1) is 14.6. The molecule has 0 aromatic heterocycles. The number of benzene rings is 2. The molecular formula is C22H27N3O5. The van der Waals surface area contributed by atoms with E-state index in [1.807, 2.05) is 18.2 Å². The minimum atomic E-state index is -0.489. The number of amides is 3. The Morgan fingerprint density at radius 2 is 1.73 bits per heavy atom. The highest BCUT2D eigenvalue weighted by atomic mass is 16.6. The van der Waals surface area contributed by atoms with Crippen LogP contribution in [0, 0.1) is 0 Å². The number of anilines is 2. The van der Waals surface area contributed by atoms with Gasteiger partial charge in [-0.15, -0.1) is 0 Å². The third-order valence-electron chi connectivity index (χ3n) is 4.91. The normalized spacial score (nSPS) is 18.1. The van der Waals surface area contributed by atoms with Crippen LogP contribution in [0.2, 0.25) is 0 Å². The van der Waals surface area contributed by atoms with Crippen LogP contribution in [0.4, 0.5) is 21.0 Å². The molecule has 3 N–H and O–H groups in total. The molecule has 160 valence electrons. The summed E-state index contributed by atoms with van der Waals surface area (Å²) < 4.78 is 16.1. The first-order valence-corrected chi connectivity index (χ1v) is 9.90. The SMILES string of the molecule is COc1cccc(NC(=O)N[C@H]2CCC[C@H](OC(=O)Nc3ccccc3)C2)c1OC. The van der Waals surface area contributed by atoms with Gasteiger partial charge in [0.25, 0.3) is 0 Å². The Kier molecular flexibility index (Phi) is 7.37. The summed E-state index contributed by atoms with van der Waals surface area (Å²) >= 11 is 0. The predicted molar refractivity (Wildman–Crippen MR) is 114 cm³/mol. The summed E-state index contributed by atoms with van der Waals surface area (Å²) in [7, 11) is 3.06. The van der Waals surface area contributed by atoms with Crippen LogP contribution in [-0.2, 0) is 4.74 Å². The first kappa shape index (κ1) is 21.3. The molecule has 2 aromatic rings. The number of nitrogens with one attached hydrogen (secondary N) is 3. The van der Waals surface area contributed by atoms with Gasteiger partial charge in [-0.2, -0.15) is 0 Å². The second kappa shape index (κ2) is 10.4. The molecule has 0 spiro atoms.